The van der Waals surface area contributed by atoms with E-state index in [9.17, 15) is 5.11 Å². The van der Waals surface area contributed by atoms with Gasteiger partial charge >= 0.3 is 0 Å². The lowest BCUT2D eigenvalue weighted by atomic mass is 10.2. The summed E-state index contributed by atoms with van der Waals surface area (Å²) in [6, 6.07) is 13.7. The number of H-pyrrole nitrogens is 1. The SMILES string of the molecule is COc1ccc(N2CC(O)=C(c3nc4ccc(N5CCN(C)CC5)cc4[nH]3)C2=N)cc1. The van der Waals surface area contributed by atoms with E-state index in [4.69, 9.17) is 10.1 Å². The van der Waals surface area contributed by atoms with Gasteiger partial charge in [0.25, 0.3) is 0 Å². The fourth-order valence-corrected chi connectivity index (χ4v) is 4.19. The Balaban J connectivity index is 1.41. The molecule has 0 unspecified atom stereocenters. The molecule has 0 bridgehead atoms. The Morgan fingerprint density at radius 1 is 1.03 bits per heavy atom. The van der Waals surface area contributed by atoms with Crippen molar-refractivity contribution in [1.82, 2.24) is 14.9 Å². The van der Waals surface area contributed by atoms with Gasteiger partial charge in [-0.15, -0.1) is 0 Å². The van der Waals surface area contributed by atoms with E-state index in [0.29, 0.717) is 11.4 Å². The number of aromatic amines is 1. The molecule has 1 fully saturated rings. The van der Waals surface area contributed by atoms with Gasteiger partial charge in [-0.05, 0) is 49.5 Å². The molecule has 2 aliphatic heterocycles. The number of imidazole rings is 1. The normalized spacial score (nSPS) is 17.8. The van der Waals surface area contributed by atoms with Gasteiger partial charge in [-0.25, -0.2) is 4.98 Å². The lowest BCUT2D eigenvalue weighted by Gasteiger charge is -2.34. The van der Waals surface area contributed by atoms with E-state index in [-0.39, 0.29) is 18.1 Å². The lowest BCUT2D eigenvalue weighted by molar-refractivity contribution is 0.313. The zero-order valence-corrected chi connectivity index (χ0v) is 17.7. The molecule has 2 aromatic carbocycles. The van der Waals surface area contributed by atoms with Crippen LogP contribution in [0.1, 0.15) is 5.82 Å². The van der Waals surface area contributed by atoms with Crippen molar-refractivity contribution < 1.29 is 9.84 Å². The molecule has 0 spiro atoms. The van der Waals surface area contributed by atoms with E-state index < -0.39 is 0 Å². The summed E-state index contributed by atoms with van der Waals surface area (Å²) >= 11 is 0. The van der Waals surface area contributed by atoms with Crippen LogP contribution >= 0.6 is 0 Å². The fraction of sp³-hybridized carbons (Fsp3) is 0.304. The van der Waals surface area contributed by atoms with Gasteiger partial charge in [0.05, 0.1) is 30.3 Å². The first-order valence-corrected chi connectivity index (χ1v) is 10.4. The predicted molar refractivity (Wildman–Crippen MR) is 123 cm³/mol. The summed E-state index contributed by atoms with van der Waals surface area (Å²) in [7, 11) is 3.77. The minimum atomic E-state index is 0.138. The average Bonchev–Trinajstić information content (AvgIpc) is 3.33. The van der Waals surface area contributed by atoms with E-state index in [1.807, 2.05) is 30.3 Å². The van der Waals surface area contributed by atoms with E-state index in [2.05, 4.69) is 38.9 Å². The number of likely N-dealkylation sites (N-methyl/N-ethyl adjacent to an activating group) is 1. The zero-order chi connectivity index (χ0) is 21.5. The number of piperazine rings is 1. The van der Waals surface area contributed by atoms with Gasteiger partial charge in [-0.1, -0.05) is 0 Å². The first-order valence-electron chi connectivity index (χ1n) is 10.4. The lowest BCUT2D eigenvalue weighted by Crippen LogP contribution is -2.44. The van der Waals surface area contributed by atoms with E-state index >= 15 is 0 Å². The van der Waals surface area contributed by atoms with E-state index in [0.717, 1.165) is 54.3 Å². The minimum absolute atomic E-state index is 0.138. The number of aromatic nitrogens is 2. The number of nitrogens with one attached hydrogen (secondary N) is 2. The molecule has 0 saturated carbocycles. The Labute approximate surface area is 180 Å². The molecule has 3 aromatic rings. The van der Waals surface area contributed by atoms with Crippen LogP contribution in [0.5, 0.6) is 5.75 Å². The number of ether oxygens (including phenoxy) is 1. The number of rotatable bonds is 4. The van der Waals surface area contributed by atoms with E-state index in [1.54, 1.807) is 12.0 Å². The molecule has 160 valence electrons. The van der Waals surface area contributed by atoms with Gasteiger partial charge in [-0.2, -0.15) is 0 Å². The molecule has 2 aliphatic rings. The van der Waals surface area contributed by atoms with Crippen LogP contribution in [0.15, 0.2) is 48.2 Å². The molecule has 0 amide bonds. The van der Waals surface area contributed by atoms with Crippen molar-refractivity contribution in [2.45, 2.75) is 0 Å². The Kier molecular flexibility index (Phi) is 4.78. The first-order chi connectivity index (χ1) is 15.0. The molecule has 0 atom stereocenters. The van der Waals surface area contributed by atoms with Crippen LogP contribution in [0.3, 0.4) is 0 Å². The average molecular weight is 419 g/mol. The minimum Gasteiger partial charge on any atom is -0.509 e. The summed E-state index contributed by atoms with van der Waals surface area (Å²) in [5, 5.41) is 19.3. The Morgan fingerprint density at radius 3 is 2.45 bits per heavy atom. The summed E-state index contributed by atoms with van der Waals surface area (Å²) in [4.78, 5) is 14.4. The highest BCUT2D eigenvalue weighted by molar-refractivity contribution is 6.30. The number of anilines is 2. The molecule has 3 heterocycles. The quantitative estimate of drug-likeness (QED) is 0.603. The molecule has 0 aliphatic carbocycles. The highest BCUT2D eigenvalue weighted by Crippen LogP contribution is 2.32. The molecular formula is C23H26N6O2. The van der Waals surface area contributed by atoms with Crippen LogP contribution < -0.4 is 14.5 Å². The maximum Gasteiger partial charge on any atom is 0.145 e. The number of aliphatic hydroxyl groups excluding tert-OH is 1. The van der Waals surface area contributed by atoms with Crippen LogP contribution in [0.4, 0.5) is 11.4 Å². The molecular weight excluding hydrogens is 392 g/mol. The number of hydrogen-bond acceptors (Lipinski definition) is 6. The van der Waals surface area contributed by atoms with Crippen LogP contribution in [-0.4, -0.2) is 72.7 Å². The first kappa shape index (κ1) is 19.4. The smallest absolute Gasteiger partial charge is 0.145 e. The zero-order valence-electron chi connectivity index (χ0n) is 17.7. The summed E-state index contributed by atoms with van der Waals surface area (Å²) in [5.74, 6) is 1.63. The monoisotopic (exact) mass is 418 g/mol. The maximum atomic E-state index is 10.7. The summed E-state index contributed by atoms with van der Waals surface area (Å²) in [6.45, 7) is 4.33. The molecule has 31 heavy (non-hydrogen) atoms. The van der Waals surface area contributed by atoms with Gasteiger partial charge in [0, 0.05) is 37.6 Å². The number of amidine groups is 1. The van der Waals surface area contributed by atoms with Crippen molar-refractivity contribution in [2.24, 2.45) is 0 Å². The van der Waals surface area contributed by atoms with Crippen molar-refractivity contribution >= 4 is 33.8 Å². The number of methoxy groups -OCH3 is 1. The van der Waals surface area contributed by atoms with Gasteiger partial charge < -0.3 is 29.5 Å². The van der Waals surface area contributed by atoms with Crippen molar-refractivity contribution in [1.29, 1.82) is 5.41 Å². The molecule has 0 radical (unpaired) electrons. The topological polar surface area (TPSA) is 91.7 Å². The molecule has 5 rings (SSSR count). The second-order valence-electron chi connectivity index (χ2n) is 8.03. The van der Waals surface area contributed by atoms with Gasteiger partial charge in [0.15, 0.2) is 0 Å². The summed E-state index contributed by atoms with van der Waals surface area (Å²) in [5.41, 5.74) is 4.15. The van der Waals surface area contributed by atoms with Crippen LogP contribution in [-0.2, 0) is 0 Å². The van der Waals surface area contributed by atoms with Crippen molar-refractivity contribution in [3.63, 3.8) is 0 Å². The summed E-state index contributed by atoms with van der Waals surface area (Å²) < 4.78 is 5.21. The van der Waals surface area contributed by atoms with Crippen LogP contribution in [0, 0.1) is 5.41 Å². The highest BCUT2D eigenvalue weighted by Gasteiger charge is 2.31. The van der Waals surface area contributed by atoms with E-state index in [1.165, 1.54) is 0 Å². The van der Waals surface area contributed by atoms with Crippen LogP contribution in [0.25, 0.3) is 16.6 Å². The third-order valence-corrected chi connectivity index (χ3v) is 6.06. The molecule has 1 saturated heterocycles. The standard InChI is InChI=1S/C23H26N6O2/c1-27-9-11-28(12-10-27)16-5-8-18-19(13-16)26-23(25-18)21-20(30)14-29(22(21)24)15-3-6-17(31-2)7-4-15/h3-8,13,24,30H,9-12,14H2,1-2H3,(H,25,26). The Morgan fingerprint density at radius 2 is 1.74 bits per heavy atom. The van der Waals surface area contributed by atoms with Crippen molar-refractivity contribution in [3.8, 4) is 5.75 Å². The maximum absolute atomic E-state index is 10.7. The summed E-state index contributed by atoms with van der Waals surface area (Å²) in [6.07, 6.45) is 0. The van der Waals surface area contributed by atoms with Gasteiger partial charge in [0.2, 0.25) is 0 Å². The molecule has 1 aromatic heterocycles. The predicted octanol–water partition coefficient (Wildman–Crippen LogP) is 3.09. The Hall–Kier alpha value is -3.52. The van der Waals surface area contributed by atoms with Crippen LogP contribution in [0.2, 0.25) is 0 Å². The molecule has 8 nitrogen and oxygen atoms in total. The molecule has 3 N–H and O–H groups in total. The van der Waals surface area contributed by atoms with Crippen molar-refractivity contribution in [2.75, 3.05) is 56.7 Å². The number of benzene rings is 2. The fourth-order valence-electron chi connectivity index (χ4n) is 4.19. The van der Waals surface area contributed by atoms with Gasteiger partial charge in [-0.3, -0.25) is 5.41 Å². The van der Waals surface area contributed by atoms with Gasteiger partial charge in [0.1, 0.15) is 23.2 Å². The number of fused-ring (bicyclic) bond motifs is 1. The number of nitrogens with zero attached hydrogens (tertiary/aromatic N) is 4. The third kappa shape index (κ3) is 3.48. The number of hydrogen-bond donors (Lipinski definition) is 3. The third-order valence-electron chi connectivity index (χ3n) is 6.06. The highest BCUT2D eigenvalue weighted by atomic mass is 16.5. The Bertz CT molecular complexity index is 1160. The van der Waals surface area contributed by atoms with Crippen molar-refractivity contribution in [3.05, 3.63) is 54.0 Å². The second kappa shape index (κ2) is 7.63. The largest absolute Gasteiger partial charge is 0.509 e. The number of aliphatic hydroxyl groups is 1. The molecule has 8 heteroatoms. The second-order valence-corrected chi connectivity index (χ2v) is 8.03.